The number of halogens is 1. The molecule has 0 aliphatic rings. The average Bonchev–Trinajstić information content (AvgIpc) is 2.89. The summed E-state index contributed by atoms with van der Waals surface area (Å²) in [6, 6.07) is 12.0. The predicted molar refractivity (Wildman–Crippen MR) is 162 cm³/mol. The number of amides is 1. The second-order valence-corrected chi connectivity index (χ2v) is 14.4. The number of rotatable bonds is 15. The highest BCUT2D eigenvalue weighted by Gasteiger charge is 2.34. The first kappa shape index (κ1) is 35.4. The van der Waals surface area contributed by atoms with Gasteiger partial charge in [-0.3, -0.25) is 13.6 Å². The summed E-state index contributed by atoms with van der Waals surface area (Å²) in [4.78, 5) is 14.5. The maximum absolute atomic E-state index is 12.6. The molecule has 1 N–H and O–H groups in total. The van der Waals surface area contributed by atoms with E-state index in [4.69, 9.17) is 39.4 Å². The summed E-state index contributed by atoms with van der Waals surface area (Å²) in [7, 11) is 0.278. The fraction of sp³-hybridized carbons (Fsp3) is 0.552. The van der Waals surface area contributed by atoms with Gasteiger partial charge in [0.2, 0.25) is 0 Å². The van der Waals surface area contributed by atoms with Gasteiger partial charge in [0.05, 0.1) is 17.0 Å². The van der Waals surface area contributed by atoms with Gasteiger partial charge in [-0.05, 0) is 81.8 Å². The highest BCUT2D eigenvalue weighted by molar-refractivity contribution is 7.99. The van der Waals surface area contributed by atoms with Crippen LogP contribution in [0.4, 0.5) is 4.79 Å². The second kappa shape index (κ2) is 15.6. The van der Waals surface area contributed by atoms with E-state index in [2.05, 4.69) is 31.3 Å². The number of nitrogens with one attached hydrogen (secondary N) is 1. The second-order valence-electron chi connectivity index (χ2n) is 11.0. The van der Waals surface area contributed by atoms with Crippen molar-refractivity contribution < 1.29 is 37.1 Å². The zero-order valence-corrected chi connectivity index (χ0v) is 27.8. The maximum Gasteiger partial charge on any atom is 0.474 e. The Bertz CT molecular complexity index is 1200. The molecule has 9 nitrogen and oxygen atoms in total. The molecule has 0 aromatic heterocycles. The van der Waals surface area contributed by atoms with E-state index < -0.39 is 25.1 Å². The Balaban J connectivity index is 2.23. The molecule has 0 unspecified atom stereocenters. The van der Waals surface area contributed by atoms with Gasteiger partial charge >= 0.3 is 13.9 Å². The minimum absolute atomic E-state index is 0.146. The Morgan fingerprint density at radius 3 is 2.29 bits per heavy atom. The van der Waals surface area contributed by atoms with E-state index in [1.165, 1.54) is 19.8 Å². The summed E-state index contributed by atoms with van der Waals surface area (Å²) in [5.74, 6) is 1.10. The van der Waals surface area contributed by atoms with Gasteiger partial charge in [0.15, 0.2) is 6.79 Å². The van der Waals surface area contributed by atoms with Crippen LogP contribution >= 0.6 is 31.2 Å². The molecule has 1 amide bonds. The van der Waals surface area contributed by atoms with Crippen molar-refractivity contribution in [3.63, 3.8) is 0 Å². The first-order valence-electron chi connectivity index (χ1n) is 13.2. The molecule has 1 atom stereocenters. The van der Waals surface area contributed by atoms with Crippen LogP contribution in [0.25, 0.3) is 0 Å². The van der Waals surface area contributed by atoms with Crippen molar-refractivity contribution in [2.45, 2.75) is 81.2 Å². The van der Waals surface area contributed by atoms with Gasteiger partial charge in [-0.1, -0.05) is 49.3 Å². The normalized spacial score (nSPS) is 13.6. The number of phosphoric ester groups is 1. The first-order valence-corrected chi connectivity index (χ1v) is 15.9. The first-order chi connectivity index (χ1) is 19.1. The highest BCUT2D eigenvalue weighted by Crippen LogP contribution is 2.48. The van der Waals surface area contributed by atoms with Crippen LogP contribution in [0.2, 0.25) is 5.02 Å². The molecular weight excluding hydrogens is 589 g/mol. The zero-order valence-electron chi connectivity index (χ0n) is 25.4. The standard InChI is InChI=1S/C29H43ClNO8PS/c1-20(2)22-11-13-25(37-19-34-7)26(16-22)41-23-12-10-21(24(30)17-23)14-15-29(6,18-38-40(33,35-8)36-9)31-27(32)39-28(3,4)5/h10-13,16-17,20H,14-15,18-19H2,1-9H3,(H,31,32)/t29-/m0/s1. The quantitative estimate of drug-likeness (QED) is 0.154. The smallest absolute Gasteiger partial charge is 0.466 e. The van der Waals surface area contributed by atoms with Crippen molar-refractivity contribution >= 4 is 37.3 Å². The molecular formula is C29H43ClNO8PS. The molecule has 2 aromatic rings. The molecule has 0 saturated carbocycles. The molecule has 0 fully saturated rings. The Morgan fingerprint density at radius 1 is 1.05 bits per heavy atom. The van der Waals surface area contributed by atoms with Gasteiger partial charge in [-0.2, -0.15) is 0 Å². The van der Waals surface area contributed by atoms with Crippen LogP contribution in [0.1, 0.15) is 65.0 Å². The molecule has 41 heavy (non-hydrogen) atoms. The molecule has 2 aromatic carbocycles. The van der Waals surface area contributed by atoms with Gasteiger partial charge in [0.1, 0.15) is 11.4 Å². The minimum atomic E-state index is -3.77. The van der Waals surface area contributed by atoms with Gasteiger partial charge < -0.3 is 19.5 Å². The van der Waals surface area contributed by atoms with Crippen molar-refractivity contribution in [1.29, 1.82) is 0 Å². The molecule has 0 bridgehead atoms. The van der Waals surface area contributed by atoms with Crippen LogP contribution in [0.5, 0.6) is 5.75 Å². The monoisotopic (exact) mass is 631 g/mol. The third-order valence-electron chi connectivity index (χ3n) is 5.96. The van der Waals surface area contributed by atoms with Gasteiger partial charge in [0, 0.05) is 31.2 Å². The van der Waals surface area contributed by atoms with Crippen LogP contribution in [-0.2, 0) is 34.0 Å². The number of benzene rings is 2. The number of hydrogen-bond donors (Lipinski definition) is 1. The number of hydrogen-bond acceptors (Lipinski definition) is 9. The Morgan fingerprint density at radius 2 is 1.73 bits per heavy atom. The van der Waals surface area contributed by atoms with Crippen molar-refractivity contribution in [2.75, 3.05) is 34.7 Å². The fourth-order valence-electron chi connectivity index (χ4n) is 3.66. The number of carbonyl (C=O) groups excluding carboxylic acids is 1. The number of phosphoric acid groups is 1. The number of methoxy groups -OCH3 is 1. The third kappa shape index (κ3) is 11.8. The molecule has 230 valence electrons. The van der Waals surface area contributed by atoms with E-state index in [-0.39, 0.29) is 13.4 Å². The number of carbonyl (C=O) groups is 1. The van der Waals surface area contributed by atoms with Crippen LogP contribution in [-0.4, -0.2) is 52.0 Å². The van der Waals surface area contributed by atoms with Crippen LogP contribution in [0.15, 0.2) is 46.2 Å². The molecule has 0 radical (unpaired) electrons. The maximum atomic E-state index is 12.6. The lowest BCUT2D eigenvalue weighted by atomic mass is 9.94. The van der Waals surface area contributed by atoms with Crippen molar-refractivity contribution in [1.82, 2.24) is 5.32 Å². The molecule has 0 aliphatic heterocycles. The molecule has 2 rings (SSSR count). The zero-order chi connectivity index (χ0) is 30.8. The summed E-state index contributed by atoms with van der Waals surface area (Å²) in [6.45, 7) is 11.4. The number of aryl methyl sites for hydroxylation is 1. The van der Waals surface area contributed by atoms with E-state index in [0.29, 0.717) is 23.8 Å². The third-order valence-corrected chi connectivity index (χ3v) is 8.68. The molecule has 0 aliphatic carbocycles. The lowest BCUT2D eigenvalue weighted by molar-refractivity contribution is 0.0389. The van der Waals surface area contributed by atoms with Crippen molar-refractivity contribution in [3.05, 3.63) is 52.5 Å². The highest BCUT2D eigenvalue weighted by atomic mass is 35.5. The Hall–Kier alpha value is -1.78. The lowest BCUT2D eigenvalue weighted by Crippen LogP contribution is -2.51. The largest absolute Gasteiger partial charge is 0.474 e. The minimum Gasteiger partial charge on any atom is -0.466 e. The van der Waals surface area contributed by atoms with Crippen molar-refractivity contribution in [3.8, 4) is 5.75 Å². The van der Waals surface area contributed by atoms with E-state index in [0.717, 1.165) is 21.1 Å². The van der Waals surface area contributed by atoms with E-state index in [1.54, 1.807) is 46.6 Å². The number of alkyl carbamates (subject to hydrolysis) is 1. The molecule has 12 heteroatoms. The number of ether oxygens (including phenoxy) is 3. The molecule has 0 spiro atoms. The SMILES string of the molecule is COCOc1ccc(C(C)C)cc1Sc1ccc(CC[C@@](C)(COP(=O)(OC)OC)NC(=O)OC(C)(C)C)c(Cl)c1. The van der Waals surface area contributed by atoms with Crippen LogP contribution in [0, 0.1) is 0 Å². The van der Waals surface area contributed by atoms with Crippen molar-refractivity contribution in [2.24, 2.45) is 0 Å². The fourth-order valence-corrected chi connectivity index (χ4v) is 5.79. The van der Waals surface area contributed by atoms with Crippen LogP contribution in [0.3, 0.4) is 0 Å². The molecule has 0 heterocycles. The summed E-state index contributed by atoms with van der Waals surface area (Å²) in [6.07, 6.45) is 0.271. The average molecular weight is 632 g/mol. The van der Waals surface area contributed by atoms with E-state index in [9.17, 15) is 9.36 Å². The van der Waals surface area contributed by atoms with Gasteiger partial charge in [0.25, 0.3) is 0 Å². The van der Waals surface area contributed by atoms with Crippen LogP contribution < -0.4 is 10.1 Å². The summed E-state index contributed by atoms with van der Waals surface area (Å²) in [5, 5.41) is 3.43. The Kier molecular flexibility index (Phi) is 13.5. The molecule has 0 saturated heterocycles. The summed E-state index contributed by atoms with van der Waals surface area (Å²) in [5.41, 5.74) is 0.406. The van der Waals surface area contributed by atoms with E-state index in [1.807, 2.05) is 24.3 Å². The summed E-state index contributed by atoms with van der Waals surface area (Å²) < 4.78 is 44.1. The van der Waals surface area contributed by atoms with Gasteiger partial charge in [-0.15, -0.1) is 0 Å². The van der Waals surface area contributed by atoms with Gasteiger partial charge in [-0.25, -0.2) is 9.36 Å². The predicted octanol–water partition coefficient (Wildman–Crippen LogP) is 8.23. The topological polar surface area (TPSA) is 102 Å². The van der Waals surface area contributed by atoms with E-state index >= 15 is 0 Å². The Labute approximate surface area is 253 Å². The summed E-state index contributed by atoms with van der Waals surface area (Å²) >= 11 is 8.28. The lowest BCUT2D eigenvalue weighted by Gasteiger charge is -2.32.